The van der Waals surface area contributed by atoms with Gasteiger partial charge in [-0.15, -0.1) is 0 Å². The number of nitrogens with zero attached hydrogens (tertiary/aromatic N) is 2. The lowest BCUT2D eigenvalue weighted by Crippen LogP contribution is -2.52. The van der Waals surface area contributed by atoms with Gasteiger partial charge in [0.05, 0.1) is 11.9 Å². The number of anilines is 1. The largest absolute Gasteiger partial charge is 0.354 e. The van der Waals surface area contributed by atoms with E-state index >= 15 is 0 Å². The third-order valence-electron chi connectivity index (χ3n) is 5.11. The van der Waals surface area contributed by atoms with Crippen LogP contribution in [0.5, 0.6) is 0 Å². The van der Waals surface area contributed by atoms with Crippen molar-refractivity contribution in [2.24, 2.45) is 5.92 Å². The first-order chi connectivity index (χ1) is 15.9. The van der Waals surface area contributed by atoms with Crippen molar-refractivity contribution in [2.45, 2.75) is 39.8 Å². The fourth-order valence-electron chi connectivity index (χ4n) is 3.37. The van der Waals surface area contributed by atoms with Crippen LogP contribution in [0.4, 0.5) is 14.5 Å². The Morgan fingerprint density at radius 2 is 1.68 bits per heavy atom. The number of hydrogen-bond acceptors (Lipinski definition) is 4. The molecule has 1 atom stereocenters. The van der Waals surface area contributed by atoms with Gasteiger partial charge in [-0.25, -0.2) is 17.2 Å². The summed E-state index contributed by atoms with van der Waals surface area (Å²) in [5.41, 5.74) is 0.566. The molecule has 2 rings (SSSR count). The summed E-state index contributed by atoms with van der Waals surface area (Å²) in [4.78, 5) is 27.6. The van der Waals surface area contributed by atoms with E-state index in [9.17, 15) is 26.8 Å². The van der Waals surface area contributed by atoms with Crippen molar-refractivity contribution in [1.29, 1.82) is 0 Å². The molecule has 0 saturated carbocycles. The van der Waals surface area contributed by atoms with Crippen molar-refractivity contribution in [1.82, 2.24) is 10.2 Å². The average Bonchev–Trinajstić information content (AvgIpc) is 2.76. The quantitative estimate of drug-likeness (QED) is 0.518. The summed E-state index contributed by atoms with van der Waals surface area (Å²) in [6.45, 7) is 5.36. The van der Waals surface area contributed by atoms with E-state index in [0.29, 0.717) is 12.1 Å². The van der Waals surface area contributed by atoms with Crippen LogP contribution in [0.15, 0.2) is 48.5 Å². The summed E-state index contributed by atoms with van der Waals surface area (Å²) in [6.07, 6.45) is 1.19. The molecule has 186 valence electrons. The summed E-state index contributed by atoms with van der Waals surface area (Å²) >= 11 is 0. The molecule has 0 radical (unpaired) electrons. The number of halogens is 2. The van der Waals surface area contributed by atoms with Gasteiger partial charge in [0.15, 0.2) is 0 Å². The number of hydrogen-bond donors (Lipinski definition) is 1. The molecule has 0 unspecified atom stereocenters. The minimum atomic E-state index is -3.95. The minimum Gasteiger partial charge on any atom is -0.354 e. The van der Waals surface area contributed by atoms with E-state index in [-0.39, 0.29) is 30.5 Å². The predicted molar refractivity (Wildman–Crippen MR) is 127 cm³/mol. The molecule has 0 bridgehead atoms. The average molecular weight is 496 g/mol. The molecule has 2 aromatic carbocycles. The van der Waals surface area contributed by atoms with Gasteiger partial charge in [0.2, 0.25) is 21.8 Å². The second-order valence-corrected chi connectivity index (χ2v) is 10.4. The second-order valence-electron chi connectivity index (χ2n) is 8.46. The zero-order chi connectivity index (χ0) is 25.5. The van der Waals surface area contributed by atoms with Gasteiger partial charge in [-0.3, -0.25) is 13.9 Å². The molecule has 0 saturated heterocycles. The lowest BCUT2D eigenvalue weighted by molar-refractivity contribution is -0.140. The highest BCUT2D eigenvalue weighted by Gasteiger charge is 2.31. The highest BCUT2D eigenvalue weighted by atomic mass is 32.2. The molecule has 0 aromatic heterocycles. The van der Waals surface area contributed by atoms with Gasteiger partial charge in [0, 0.05) is 13.1 Å². The Morgan fingerprint density at radius 1 is 1.03 bits per heavy atom. The Balaban J connectivity index is 2.41. The van der Waals surface area contributed by atoms with Crippen LogP contribution in [0.3, 0.4) is 0 Å². The second kappa shape index (κ2) is 11.9. The van der Waals surface area contributed by atoms with E-state index in [0.717, 1.165) is 16.6 Å². The van der Waals surface area contributed by atoms with Crippen molar-refractivity contribution < 1.29 is 26.8 Å². The number of benzene rings is 2. The molecule has 0 spiro atoms. The molecule has 0 aliphatic rings. The van der Waals surface area contributed by atoms with E-state index in [2.05, 4.69) is 5.32 Å². The number of nitrogens with one attached hydrogen (secondary N) is 1. The van der Waals surface area contributed by atoms with Crippen LogP contribution in [-0.2, 0) is 26.2 Å². The molecule has 2 amide bonds. The Hall–Kier alpha value is -3.01. The summed E-state index contributed by atoms with van der Waals surface area (Å²) in [5, 5.41) is 2.81. The first kappa shape index (κ1) is 27.2. The van der Waals surface area contributed by atoms with Crippen LogP contribution in [-0.4, -0.2) is 50.5 Å². The number of sulfonamides is 1. The summed E-state index contributed by atoms with van der Waals surface area (Å²) in [5.74, 6) is -1.93. The molecule has 0 aliphatic carbocycles. The molecule has 10 heteroatoms. The number of carbonyl (C=O) groups excluding carboxylic acids is 2. The van der Waals surface area contributed by atoms with Crippen LogP contribution < -0.4 is 9.62 Å². The SMILES string of the molecule is CC[C@@H](C(=O)NCC(C)C)N(Cc1ccc(F)cc1)C(=O)CN(c1cccc(F)c1)S(C)(=O)=O. The van der Waals surface area contributed by atoms with Crippen LogP contribution in [0.2, 0.25) is 0 Å². The smallest absolute Gasteiger partial charge is 0.244 e. The molecule has 34 heavy (non-hydrogen) atoms. The van der Waals surface area contributed by atoms with E-state index in [1.54, 1.807) is 6.92 Å². The first-order valence-corrected chi connectivity index (χ1v) is 12.8. The van der Waals surface area contributed by atoms with Crippen molar-refractivity contribution >= 4 is 27.5 Å². The molecule has 0 aliphatic heterocycles. The lowest BCUT2D eigenvalue weighted by Gasteiger charge is -2.33. The van der Waals surface area contributed by atoms with E-state index in [1.807, 2.05) is 13.8 Å². The maximum atomic E-state index is 13.8. The highest BCUT2D eigenvalue weighted by molar-refractivity contribution is 7.92. The van der Waals surface area contributed by atoms with Gasteiger partial charge >= 0.3 is 0 Å². The van der Waals surface area contributed by atoms with Crippen LogP contribution >= 0.6 is 0 Å². The third kappa shape index (κ3) is 7.79. The Bertz CT molecular complexity index is 1090. The number of carbonyl (C=O) groups is 2. The van der Waals surface area contributed by atoms with Gasteiger partial charge in [-0.2, -0.15) is 0 Å². The fourth-order valence-corrected chi connectivity index (χ4v) is 4.21. The molecule has 1 N–H and O–H groups in total. The normalized spacial score (nSPS) is 12.3. The van der Waals surface area contributed by atoms with Crippen LogP contribution in [0, 0.1) is 17.6 Å². The topological polar surface area (TPSA) is 86.8 Å². The zero-order valence-corrected chi connectivity index (χ0v) is 20.6. The van der Waals surface area contributed by atoms with Gasteiger partial charge in [0.1, 0.15) is 24.2 Å². The molecular weight excluding hydrogens is 464 g/mol. The van der Waals surface area contributed by atoms with Crippen molar-refractivity contribution in [2.75, 3.05) is 23.7 Å². The lowest BCUT2D eigenvalue weighted by atomic mass is 10.1. The van der Waals surface area contributed by atoms with Crippen molar-refractivity contribution in [3.8, 4) is 0 Å². The molecular formula is C24H31F2N3O4S. The molecule has 0 fully saturated rings. The van der Waals surface area contributed by atoms with Gasteiger partial charge in [-0.1, -0.05) is 39.0 Å². The van der Waals surface area contributed by atoms with Crippen molar-refractivity contribution in [3.63, 3.8) is 0 Å². The van der Waals surface area contributed by atoms with Crippen molar-refractivity contribution in [3.05, 3.63) is 65.7 Å². The summed E-state index contributed by atoms with van der Waals surface area (Å²) < 4.78 is 52.9. The van der Waals surface area contributed by atoms with E-state index in [1.165, 1.54) is 47.4 Å². The van der Waals surface area contributed by atoms with E-state index in [4.69, 9.17) is 0 Å². The molecule has 0 heterocycles. The minimum absolute atomic E-state index is 0.00473. The highest BCUT2D eigenvalue weighted by Crippen LogP contribution is 2.20. The molecule has 2 aromatic rings. The zero-order valence-electron chi connectivity index (χ0n) is 19.8. The maximum absolute atomic E-state index is 13.8. The molecule has 7 nitrogen and oxygen atoms in total. The maximum Gasteiger partial charge on any atom is 0.244 e. The number of amides is 2. The Kier molecular flexibility index (Phi) is 9.55. The number of rotatable bonds is 11. The van der Waals surface area contributed by atoms with Gasteiger partial charge < -0.3 is 10.2 Å². The monoisotopic (exact) mass is 495 g/mol. The summed E-state index contributed by atoms with van der Waals surface area (Å²) in [7, 11) is -3.95. The van der Waals surface area contributed by atoms with Gasteiger partial charge in [0.25, 0.3) is 0 Å². The Labute approximate surface area is 199 Å². The van der Waals surface area contributed by atoms with Crippen LogP contribution in [0.25, 0.3) is 0 Å². The first-order valence-electron chi connectivity index (χ1n) is 11.0. The predicted octanol–water partition coefficient (Wildman–Crippen LogP) is 3.31. The summed E-state index contributed by atoms with van der Waals surface area (Å²) in [6, 6.07) is 9.51. The Morgan fingerprint density at radius 3 is 2.21 bits per heavy atom. The van der Waals surface area contributed by atoms with Gasteiger partial charge in [-0.05, 0) is 48.2 Å². The third-order valence-corrected chi connectivity index (χ3v) is 6.25. The standard InChI is InChI=1S/C24H31F2N3O4S/c1-5-22(24(31)27-14-17(2)3)28(15-18-9-11-19(25)12-10-18)23(30)16-29(34(4,32)33)21-8-6-7-20(26)13-21/h6-13,17,22H,5,14-16H2,1-4H3,(H,27,31)/t22-/m0/s1. The fraction of sp³-hybridized carbons (Fsp3) is 0.417. The van der Waals surface area contributed by atoms with E-state index < -0.39 is 40.2 Å². The van der Waals surface area contributed by atoms with Crippen LogP contribution in [0.1, 0.15) is 32.8 Å².